The first-order valence-corrected chi connectivity index (χ1v) is 10.2. The standard InChI is InChI=1S/C24H20ClFN2O4/c1-31-17-8-9-18(21(12-17)32-2)24(30)28-13-22(29)27-20-10-5-15(25)11-19(20)23(28)14-3-6-16(26)7-4-14/h3-12,23H,13H2,1-2H3,(H,27,29). The van der Waals surface area contributed by atoms with Gasteiger partial charge < -0.3 is 19.7 Å². The van der Waals surface area contributed by atoms with E-state index in [1.807, 2.05) is 0 Å². The van der Waals surface area contributed by atoms with E-state index < -0.39 is 17.8 Å². The van der Waals surface area contributed by atoms with E-state index in [1.54, 1.807) is 48.5 Å². The average molecular weight is 455 g/mol. The fraction of sp³-hybridized carbons (Fsp3) is 0.167. The summed E-state index contributed by atoms with van der Waals surface area (Å²) in [5.74, 6) is -0.360. The summed E-state index contributed by atoms with van der Waals surface area (Å²) in [6, 6.07) is 15.0. The van der Waals surface area contributed by atoms with Crippen molar-refractivity contribution in [1.82, 2.24) is 4.90 Å². The van der Waals surface area contributed by atoms with Crippen LogP contribution in [0.3, 0.4) is 0 Å². The number of benzene rings is 3. The second-order valence-electron chi connectivity index (χ2n) is 7.23. The molecule has 32 heavy (non-hydrogen) atoms. The zero-order chi connectivity index (χ0) is 22.8. The van der Waals surface area contributed by atoms with Crippen LogP contribution < -0.4 is 14.8 Å². The first kappa shape index (κ1) is 21.6. The molecular weight excluding hydrogens is 435 g/mol. The Labute approximate surface area is 189 Å². The van der Waals surface area contributed by atoms with E-state index in [0.29, 0.717) is 33.3 Å². The predicted molar refractivity (Wildman–Crippen MR) is 119 cm³/mol. The highest BCUT2D eigenvalue weighted by molar-refractivity contribution is 6.30. The van der Waals surface area contributed by atoms with Crippen molar-refractivity contribution in [2.24, 2.45) is 0 Å². The third kappa shape index (κ3) is 4.11. The van der Waals surface area contributed by atoms with Crippen molar-refractivity contribution in [3.63, 3.8) is 0 Å². The van der Waals surface area contributed by atoms with Crippen LogP contribution >= 0.6 is 11.6 Å². The van der Waals surface area contributed by atoms with Crippen molar-refractivity contribution in [3.05, 3.63) is 88.2 Å². The number of rotatable bonds is 4. The molecule has 6 nitrogen and oxygen atoms in total. The molecule has 3 aromatic carbocycles. The number of carbonyl (C=O) groups excluding carboxylic acids is 2. The number of ether oxygens (including phenoxy) is 2. The zero-order valence-corrected chi connectivity index (χ0v) is 18.2. The van der Waals surface area contributed by atoms with E-state index >= 15 is 0 Å². The molecule has 1 atom stereocenters. The lowest BCUT2D eigenvalue weighted by atomic mass is 9.95. The molecule has 8 heteroatoms. The summed E-state index contributed by atoms with van der Waals surface area (Å²) < 4.78 is 24.3. The van der Waals surface area contributed by atoms with Crippen molar-refractivity contribution in [1.29, 1.82) is 0 Å². The molecule has 0 saturated heterocycles. The van der Waals surface area contributed by atoms with Crippen molar-refractivity contribution in [2.75, 3.05) is 26.1 Å². The quantitative estimate of drug-likeness (QED) is 0.621. The highest BCUT2D eigenvalue weighted by Gasteiger charge is 2.35. The molecule has 4 rings (SSSR count). The number of carbonyl (C=O) groups is 2. The van der Waals surface area contributed by atoms with Gasteiger partial charge >= 0.3 is 0 Å². The lowest BCUT2D eigenvalue weighted by Crippen LogP contribution is -2.39. The molecule has 1 N–H and O–H groups in total. The third-order valence-electron chi connectivity index (χ3n) is 5.29. The Balaban J connectivity index is 1.89. The largest absolute Gasteiger partial charge is 0.497 e. The SMILES string of the molecule is COc1ccc(C(=O)N2CC(=O)Nc3ccc(Cl)cc3C2c2ccc(F)cc2)c(OC)c1. The molecular formula is C24H20ClFN2O4. The van der Waals surface area contributed by atoms with Crippen LogP contribution in [0.5, 0.6) is 11.5 Å². The number of hydrogen-bond donors (Lipinski definition) is 1. The molecule has 0 bridgehead atoms. The van der Waals surface area contributed by atoms with Gasteiger partial charge in [0.05, 0.1) is 25.8 Å². The number of nitrogens with one attached hydrogen (secondary N) is 1. The summed E-state index contributed by atoms with van der Waals surface area (Å²) in [5.41, 5.74) is 2.05. The second kappa shape index (κ2) is 8.88. The van der Waals surface area contributed by atoms with Gasteiger partial charge in [0.15, 0.2) is 0 Å². The molecule has 0 spiro atoms. The zero-order valence-electron chi connectivity index (χ0n) is 17.4. The van der Waals surface area contributed by atoms with Gasteiger partial charge in [0.25, 0.3) is 5.91 Å². The topological polar surface area (TPSA) is 67.9 Å². The molecule has 3 aromatic rings. The van der Waals surface area contributed by atoms with Crippen LogP contribution in [-0.4, -0.2) is 37.5 Å². The van der Waals surface area contributed by atoms with Crippen LogP contribution in [-0.2, 0) is 4.79 Å². The number of nitrogens with zero attached hydrogens (tertiary/aromatic N) is 1. The van der Waals surface area contributed by atoms with E-state index in [4.69, 9.17) is 21.1 Å². The lowest BCUT2D eigenvalue weighted by molar-refractivity contribution is -0.117. The maximum atomic E-state index is 13.7. The Morgan fingerprint density at radius 2 is 1.81 bits per heavy atom. The van der Waals surface area contributed by atoms with E-state index in [0.717, 1.165) is 0 Å². The number of methoxy groups -OCH3 is 2. The van der Waals surface area contributed by atoms with E-state index in [2.05, 4.69) is 5.32 Å². The van der Waals surface area contributed by atoms with Gasteiger partial charge in [0.2, 0.25) is 5.91 Å². The molecule has 1 heterocycles. The maximum absolute atomic E-state index is 13.7. The Morgan fingerprint density at radius 1 is 1.06 bits per heavy atom. The fourth-order valence-corrected chi connectivity index (χ4v) is 3.98. The summed E-state index contributed by atoms with van der Waals surface area (Å²) in [4.78, 5) is 27.9. The van der Waals surface area contributed by atoms with Gasteiger partial charge in [-0.15, -0.1) is 0 Å². The van der Waals surface area contributed by atoms with Gasteiger partial charge in [-0.1, -0.05) is 23.7 Å². The van der Waals surface area contributed by atoms with Crippen molar-refractivity contribution in [3.8, 4) is 11.5 Å². The molecule has 0 fully saturated rings. The number of hydrogen-bond acceptors (Lipinski definition) is 4. The van der Waals surface area contributed by atoms with Crippen molar-refractivity contribution in [2.45, 2.75) is 6.04 Å². The molecule has 1 unspecified atom stereocenters. The van der Waals surface area contributed by atoms with Crippen LogP contribution in [0.15, 0.2) is 60.7 Å². The Kier molecular flexibility index (Phi) is 6.01. The van der Waals surface area contributed by atoms with Gasteiger partial charge in [-0.3, -0.25) is 9.59 Å². The van der Waals surface area contributed by atoms with Gasteiger partial charge in [-0.2, -0.15) is 0 Å². The summed E-state index contributed by atoms with van der Waals surface area (Å²) in [5, 5.41) is 3.27. The number of anilines is 1. The predicted octanol–water partition coefficient (Wildman–Crippen LogP) is 4.68. The molecule has 2 amide bonds. The van der Waals surface area contributed by atoms with Crippen LogP contribution in [0.4, 0.5) is 10.1 Å². The van der Waals surface area contributed by atoms with Crippen molar-refractivity contribution >= 4 is 29.1 Å². The highest BCUT2D eigenvalue weighted by atomic mass is 35.5. The monoisotopic (exact) mass is 454 g/mol. The minimum atomic E-state index is -0.692. The summed E-state index contributed by atoms with van der Waals surface area (Å²) in [6.45, 7) is -0.220. The molecule has 164 valence electrons. The Hall–Kier alpha value is -3.58. The molecule has 0 aromatic heterocycles. The lowest BCUT2D eigenvalue weighted by Gasteiger charge is -2.31. The van der Waals surface area contributed by atoms with Gasteiger partial charge in [0, 0.05) is 22.3 Å². The fourth-order valence-electron chi connectivity index (χ4n) is 3.80. The first-order chi connectivity index (χ1) is 15.4. The Bertz CT molecular complexity index is 1180. The van der Waals surface area contributed by atoms with E-state index in [1.165, 1.54) is 31.3 Å². The van der Waals surface area contributed by atoms with Gasteiger partial charge in [-0.25, -0.2) is 4.39 Å². The second-order valence-corrected chi connectivity index (χ2v) is 7.67. The van der Waals surface area contributed by atoms with E-state index in [9.17, 15) is 14.0 Å². The molecule has 0 radical (unpaired) electrons. The van der Waals surface area contributed by atoms with Gasteiger partial charge in [0.1, 0.15) is 23.9 Å². The smallest absolute Gasteiger partial charge is 0.258 e. The molecule has 1 aliphatic heterocycles. The third-order valence-corrected chi connectivity index (χ3v) is 5.53. The van der Waals surface area contributed by atoms with Crippen LogP contribution in [0.1, 0.15) is 27.5 Å². The average Bonchev–Trinajstić information content (AvgIpc) is 2.94. The maximum Gasteiger partial charge on any atom is 0.258 e. The number of fused-ring (bicyclic) bond motifs is 1. The highest BCUT2D eigenvalue weighted by Crippen LogP contribution is 2.39. The van der Waals surface area contributed by atoms with Crippen LogP contribution in [0, 0.1) is 5.82 Å². The number of amides is 2. The molecule has 0 saturated carbocycles. The summed E-state index contributed by atoms with van der Waals surface area (Å²) in [6.07, 6.45) is 0. The number of halogens is 2. The van der Waals surface area contributed by atoms with E-state index in [-0.39, 0.29) is 18.0 Å². The van der Waals surface area contributed by atoms with Crippen molar-refractivity contribution < 1.29 is 23.5 Å². The molecule has 1 aliphatic rings. The first-order valence-electron chi connectivity index (χ1n) is 9.79. The minimum Gasteiger partial charge on any atom is -0.497 e. The summed E-state index contributed by atoms with van der Waals surface area (Å²) >= 11 is 6.26. The normalized spacial score (nSPS) is 15.4. The Morgan fingerprint density at radius 3 is 2.50 bits per heavy atom. The van der Waals surface area contributed by atoms with Crippen LogP contribution in [0.2, 0.25) is 5.02 Å². The van der Waals surface area contributed by atoms with Crippen LogP contribution in [0.25, 0.3) is 0 Å². The minimum absolute atomic E-state index is 0.220. The summed E-state index contributed by atoms with van der Waals surface area (Å²) in [7, 11) is 2.97. The van der Waals surface area contributed by atoms with Gasteiger partial charge in [-0.05, 0) is 48.0 Å². The molecule has 0 aliphatic carbocycles.